The Morgan fingerprint density at radius 1 is 1.00 bits per heavy atom. The van der Waals surface area contributed by atoms with E-state index in [1.165, 1.54) is 0 Å². The molecule has 0 atom stereocenters. The summed E-state index contributed by atoms with van der Waals surface area (Å²) in [6.07, 6.45) is 0.340. The Hall–Kier alpha value is -3.81. The molecule has 1 aliphatic rings. The summed E-state index contributed by atoms with van der Waals surface area (Å²) in [4.78, 5) is 37.7. The van der Waals surface area contributed by atoms with Gasteiger partial charge in [-0.25, -0.2) is 0 Å². The number of carbonyl (C=O) groups excluding carboxylic acids is 3. The molecule has 0 radical (unpaired) electrons. The van der Waals surface area contributed by atoms with Gasteiger partial charge in [0.25, 0.3) is 11.8 Å². The number of imide groups is 1. The van der Waals surface area contributed by atoms with Crippen molar-refractivity contribution in [3.63, 3.8) is 0 Å². The van der Waals surface area contributed by atoms with Crippen molar-refractivity contribution in [1.29, 1.82) is 0 Å². The number of fused-ring (bicyclic) bond motifs is 1. The van der Waals surface area contributed by atoms with Crippen LogP contribution in [-0.2, 0) is 11.2 Å². The molecule has 0 aliphatic carbocycles. The molecule has 3 amide bonds. The topological polar surface area (TPSA) is 105 Å². The number of hydrogen-bond donors (Lipinski definition) is 1. The largest absolute Gasteiger partial charge is 0.421 e. The van der Waals surface area contributed by atoms with Gasteiger partial charge in [-0.3, -0.25) is 19.3 Å². The van der Waals surface area contributed by atoms with Crippen molar-refractivity contribution in [2.45, 2.75) is 13.3 Å². The third kappa shape index (κ3) is 3.77. The van der Waals surface area contributed by atoms with Crippen molar-refractivity contribution < 1.29 is 18.8 Å². The van der Waals surface area contributed by atoms with Crippen LogP contribution in [0.3, 0.4) is 0 Å². The van der Waals surface area contributed by atoms with Crippen LogP contribution in [-0.4, -0.2) is 45.9 Å². The third-order valence-corrected chi connectivity index (χ3v) is 4.61. The second kappa shape index (κ2) is 7.67. The maximum Gasteiger partial charge on any atom is 0.262 e. The second-order valence-corrected chi connectivity index (χ2v) is 6.71. The van der Waals surface area contributed by atoms with E-state index in [9.17, 15) is 14.4 Å². The fourth-order valence-corrected chi connectivity index (χ4v) is 3.06. The zero-order chi connectivity index (χ0) is 20.4. The van der Waals surface area contributed by atoms with E-state index in [1.54, 1.807) is 24.3 Å². The van der Waals surface area contributed by atoms with Crippen LogP contribution in [0.5, 0.6) is 0 Å². The van der Waals surface area contributed by atoms with Gasteiger partial charge in [0.15, 0.2) is 0 Å². The van der Waals surface area contributed by atoms with Crippen LogP contribution in [0.4, 0.5) is 0 Å². The minimum Gasteiger partial charge on any atom is -0.421 e. The molecule has 0 spiro atoms. The van der Waals surface area contributed by atoms with E-state index in [0.717, 1.165) is 16.0 Å². The first-order valence-corrected chi connectivity index (χ1v) is 9.14. The smallest absolute Gasteiger partial charge is 0.262 e. The monoisotopic (exact) mass is 390 g/mol. The molecular weight excluding hydrogens is 372 g/mol. The summed E-state index contributed by atoms with van der Waals surface area (Å²) in [6.45, 7) is 1.91. The average molecular weight is 390 g/mol. The van der Waals surface area contributed by atoms with E-state index in [0.29, 0.717) is 29.3 Å². The molecule has 1 aromatic heterocycles. The number of rotatable bonds is 6. The predicted molar refractivity (Wildman–Crippen MR) is 103 cm³/mol. The van der Waals surface area contributed by atoms with Crippen molar-refractivity contribution in [1.82, 2.24) is 20.4 Å². The lowest BCUT2D eigenvalue weighted by Gasteiger charge is -2.13. The standard InChI is InChI=1S/C21H18N4O4/c1-13-6-8-14(9-7-13)19-24-23-18(29-19)10-11-22-17(26)12-25-20(27)15-4-2-3-5-16(15)21(25)28/h2-9H,10-12H2,1H3,(H,22,26). The molecule has 1 N–H and O–H groups in total. The van der Waals surface area contributed by atoms with E-state index in [4.69, 9.17) is 4.42 Å². The summed E-state index contributed by atoms with van der Waals surface area (Å²) < 4.78 is 5.61. The highest BCUT2D eigenvalue weighted by Gasteiger charge is 2.36. The summed E-state index contributed by atoms with van der Waals surface area (Å²) >= 11 is 0. The first-order valence-electron chi connectivity index (χ1n) is 9.14. The summed E-state index contributed by atoms with van der Waals surface area (Å²) in [5, 5.41) is 10.7. The summed E-state index contributed by atoms with van der Waals surface area (Å²) in [5.41, 5.74) is 2.60. The molecule has 2 heterocycles. The zero-order valence-corrected chi connectivity index (χ0v) is 15.7. The average Bonchev–Trinajstić information content (AvgIpc) is 3.28. The number of aryl methyl sites for hydroxylation is 1. The van der Waals surface area contributed by atoms with Crippen LogP contribution in [0, 0.1) is 6.92 Å². The van der Waals surface area contributed by atoms with Crippen molar-refractivity contribution in [2.75, 3.05) is 13.1 Å². The molecule has 29 heavy (non-hydrogen) atoms. The van der Waals surface area contributed by atoms with E-state index < -0.39 is 17.7 Å². The van der Waals surface area contributed by atoms with Crippen LogP contribution in [0.25, 0.3) is 11.5 Å². The van der Waals surface area contributed by atoms with Crippen LogP contribution < -0.4 is 5.32 Å². The Bertz CT molecular complexity index is 1050. The van der Waals surface area contributed by atoms with Crippen molar-refractivity contribution >= 4 is 17.7 Å². The molecule has 3 aromatic rings. The van der Waals surface area contributed by atoms with Crippen molar-refractivity contribution in [2.24, 2.45) is 0 Å². The molecule has 8 nitrogen and oxygen atoms in total. The molecule has 8 heteroatoms. The molecule has 4 rings (SSSR count). The lowest BCUT2D eigenvalue weighted by molar-refractivity contribution is -0.121. The van der Waals surface area contributed by atoms with E-state index in [-0.39, 0.29) is 13.1 Å². The molecule has 146 valence electrons. The maximum atomic E-state index is 12.3. The van der Waals surface area contributed by atoms with Crippen LogP contribution in [0.15, 0.2) is 52.9 Å². The molecule has 0 saturated carbocycles. The van der Waals surface area contributed by atoms with Crippen molar-refractivity contribution in [3.05, 3.63) is 71.1 Å². The maximum absolute atomic E-state index is 12.3. The number of hydrogen-bond acceptors (Lipinski definition) is 6. The van der Waals surface area contributed by atoms with Gasteiger partial charge in [-0.2, -0.15) is 0 Å². The molecular formula is C21H18N4O4. The van der Waals surface area contributed by atoms with Gasteiger partial charge in [-0.15, -0.1) is 10.2 Å². The molecule has 0 fully saturated rings. The number of aromatic nitrogens is 2. The predicted octanol–water partition coefficient (Wildman–Crippen LogP) is 2.00. The lowest BCUT2D eigenvalue weighted by Crippen LogP contribution is -2.40. The Morgan fingerprint density at radius 2 is 1.66 bits per heavy atom. The van der Waals surface area contributed by atoms with Gasteiger partial charge in [0.1, 0.15) is 6.54 Å². The number of nitrogens with zero attached hydrogens (tertiary/aromatic N) is 3. The fraction of sp³-hybridized carbons (Fsp3) is 0.190. The fourth-order valence-electron chi connectivity index (χ4n) is 3.06. The van der Waals surface area contributed by atoms with Gasteiger partial charge in [0.05, 0.1) is 11.1 Å². The molecule has 0 unspecified atom stereocenters. The zero-order valence-electron chi connectivity index (χ0n) is 15.7. The van der Waals surface area contributed by atoms with Crippen LogP contribution in [0.2, 0.25) is 0 Å². The van der Waals surface area contributed by atoms with E-state index in [2.05, 4.69) is 15.5 Å². The highest BCUT2D eigenvalue weighted by Crippen LogP contribution is 2.22. The van der Waals surface area contributed by atoms with Gasteiger partial charge < -0.3 is 9.73 Å². The van der Waals surface area contributed by atoms with E-state index in [1.807, 2.05) is 31.2 Å². The SMILES string of the molecule is Cc1ccc(-c2nnc(CCNC(=O)CN3C(=O)c4ccccc4C3=O)o2)cc1. The molecule has 0 saturated heterocycles. The number of carbonyl (C=O) groups is 3. The highest BCUT2D eigenvalue weighted by molar-refractivity contribution is 6.22. The Balaban J connectivity index is 1.29. The van der Waals surface area contributed by atoms with Gasteiger partial charge in [-0.05, 0) is 31.2 Å². The quantitative estimate of drug-likeness (QED) is 0.646. The van der Waals surface area contributed by atoms with Crippen molar-refractivity contribution in [3.8, 4) is 11.5 Å². The van der Waals surface area contributed by atoms with E-state index >= 15 is 0 Å². The summed E-state index contributed by atoms with van der Waals surface area (Å²) in [7, 11) is 0. The summed E-state index contributed by atoms with van der Waals surface area (Å²) in [5.74, 6) is -0.544. The Labute approximate surface area is 166 Å². The van der Waals surface area contributed by atoms with Crippen LogP contribution in [0.1, 0.15) is 32.2 Å². The summed E-state index contributed by atoms with van der Waals surface area (Å²) in [6, 6.07) is 14.2. The van der Waals surface area contributed by atoms with Crippen LogP contribution >= 0.6 is 0 Å². The minimum absolute atomic E-state index is 0.248. The minimum atomic E-state index is -0.458. The molecule has 0 bridgehead atoms. The Morgan fingerprint density at radius 3 is 2.31 bits per heavy atom. The molecule has 1 aliphatic heterocycles. The first kappa shape index (κ1) is 18.5. The van der Waals surface area contributed by atoms with Gasteiger partial charge in [0.2, 0.25) is 17.7 Å². The van der Waals surface area contributed by atoms with Gasteiger partial charge in [-0.1, -0.05) is 29.8 Å². The van der Waals surface area contributed by atoms with Gasteiger partial charge >= 0.3 is 0 Å². The second-order valence-electron chi connectivity index (χ2n) is 6.71. The number of benzene rings is 2. The normalized spacial score (nSPS) is 12.9. The Kier molecular flexibility index (Phi) is 4.90. The van der Waals surface area contributed by atoms with Gasteiger partial charge in [0, 0.05) is 18.5 Å². The molecule has 2 aromatic carbocycles. The number of nitrogens with one attached hydrogen (secondary N) is 1. The lowest BCUT2D eigenvalue weighted by atomic mass is 10.1. The first-order chi connectivity index (χ1) is 14.0. The third-order valence-electron chi connectivity index (χ3n) is 4.61. The highest BCUT2D eigenvalue weighted by atomic mass is 16.4. The number of amides is 3.